The molecule has 0 bridgehead atoms. The predicted molar refractivity (Wildman–Crippen MR) is 182 cm³/mol. The van der Waals surface area contributed by atoms with Crippen molar-refractivity contribution in [3.63, 3.8) is 0 Å². The average molecular weight is 603 g/mol. The van der Waals surface area contributed by atoms with Crippen molar-refractivity contribution in [3.05, 3.63) is 118 Å². The summed E-state index contributed by atoms with van der Waals surface area (Å²) in [6.45, 7) is 16.6. The van der Waals surface area contributed by atoms with Crippen LogP contribution in [0.5, 0.6) is 0 Å². The Hall–Kier alpha value is -5.27. The van der Waals surface area contributed by atoms with Crippen molar-refractivity contribution in [1.29, 1.82) is 5.26 Å². The summed E-state index contributed by atoms with van der Waals surface area (Å²) < 4.78 is 28.8. The summed E-state index contributed by atoms with van der Waals surface area (Å²) in [6, 6.07) is 13.1. The zero-order valence-corrected chi connectivity index (χ0v) is 25.9. The summed E-state index contributed by atoms with van der Waals surface area (Å²) in [4.78, 5) is 10.5. The van der Waals surface area contributed by atoms with Crippen LogP contribution in [0.25, 0.3) is 23.5 Å². The van der Waals surface area contributed by atoms with Gasteiger partial charge in [-0.2, -0.15) is 5.26 Å². The predicted octanol–water partition coefficient (Wildman–Crippen LogP) is 4.84. The Morgan fingerprint density at radius 2 is 1.68 bits per heavy atom. The van der Waals surface area contributed by atoms with Crippen molar-refractivity contribution in [2.45, 2.75) is 39.5 Å². The molecular weight excluding hydrogens is 558 g/mol. The molecule has 8 nitrogen and oxygen atoms in total. The Bertz CT molecular complexity index is 1580. The molecule has 0 aliphatic heterocycles. The van der Waals surface area contributed by atoms with Crippen LogP contribution in [0, 0.1) is 23.0 Å². The maximum absolute atomic E-state index is 15.3. The fourth-order valence-corrected chi connectivity index (χ4v) is 3.93. The fourth-order valence-electron chi connectivity index (χ4n) is 3.93. The van der Waals surface area contributed by atoms with E-state index in [1.165, 1.54) is 44.1 Å². The van der Waals surface area contributed by atoms with Gasteiger partial charge in [0.2, 0.25) is 0 Å². The van der Waals surface area contributed by atoms with E-state index in [1.807, 2.05) is 6.92 Å². The highest BCUT2D eigenvalue weighted by Crippen LogP contribution is 2.29. The Balaban J connectivity index is 0.00000209. The number of allylic oxidation sites excluding steroid dienone is 3. The second-order valence-corrected chi connectivity index (χ2v) is 9.02. The monoisotopic (exact) mass is 602 g/mol. The topological polar surface area (TPSA) is 168 Å². The molecular formula is C34H44F2N8. The van der Waals surface area contributed by atoms with Gasteiger partial charge in [0.25, 0.3) is 0 Å². The Morgan fingerprint density at radius 1 is 1.09 bits per heavy atom. The lowest BCUT2D eigenvalue weighted by atomic mass is 9.87. The van der Waals surface area contributed by atoms with E-state index in [0.29, 0.717) is 39.3 Å². The van der Waals surface area contributed by atoms with Gasteiger partial charge < -0.3 is 27.9 Å². The Labute approximate surface area is 259 Å². The molecule has 0 fully saturated rings. The molecule has 10 heteroatoms. The molecule has 0 saturated heterocycles. The van der Waals surface area contributed by atoms with Crippen LogP contribution in [-0.2, 0) is 6.42 Å². The van der Waals surface area contributed by atoms with Crippen molar-refractivity contribution in [2.24, 2.45) is 32.9 Å². The normalized spacial score (nSPS) is 12.2. The lowest BCUT2D eigenvalue weighted by molar-refractivity contribution is 0.625. The van der Waals surface area contributed by atoms with Gasteiger partial charge in [0.15, 0.2) is 0 Å². The second kappa shape index (κ2) is 21.4. The molecule has 3 rings (SSSR count). The number of hydrogen-bond acceptors (Lipinski definition) is 6. The van der Waals surface area contributed by atoms with Crippen LogP contribution < -0.4 is 33.5 Å². The van der Waals surface area contributed by atoms with Crippen LogP contribution in [0.2, 0.25) is 0 Å². The van der Waals surface area contributed by atoms with Crippen molar-refractivity contribution in [2.75, 3.05) is 7.05 Å². The maximum Gasteiger partial charge on any atom is 0.135 e. The van der Waals surface area contributed by atoms with E-state index < -0.39 is 5.82 Å². The highest BCUT2D eigenvalue weighted by atomic mass is 19.1. The summed E-state index contributed by atoms with van der Waals surface area (Å²) >= 11 is 0. The Kier molecular flexibility index (Phi) is 18.9. The Morgan fingerprint density at radius 3 is 2.18 bits per heavy atom. The number of benzene rings is 2. The number of nitrogens with two attached hydrogens (primary N) is 4. The van der Waals surface area contributed by atoms with Crippen molar-refractivity contribution in [1.82, 2.24) is 4.98 Å². The molecule has 0 aliphatic rings. The summed E-state index contributed by atoms with van der Waals surface area (Å²) in [7, 11) is 1.50. The number of rotatable bonds is 8. The molecule has 1 unspecified atom stereocenters. The van der Waals surface area contributed by atoms with E-state index in [0.717, 1.165) is 17.5 Å². The first kappa shape index (κ1) is 38.7. The molecule has 44 heavy (non-hydrogen) atoms. The molecule has 0 spiro atoms. The van der Waals surface area contributed by atoms with Crippen LogP contribution in [0.15, 0.2) is 94.8 Å². The van der Waals surface area contributed by atoms with E-state index >= 15 is 4.39 Å². The van der Waals surface area contributed by atoms with E-state index in [9.17, 15) is 9.65 Å². The molecule has 9 N–H and O–H groups in total. The first-order chi connectivity index (χ1) is 21.1. The van der Waals surface area contributed by atoms with Crippen LogP contribution in [0.3, 0.4) is 0 Å². The molecule has 0 amide bonds. The molecule has 0 radical (unpaired) electrons. The van der Waals surface area contributed by atoms with Crippen molar-refractivity contribution < 1.29 is 8.78 Å². The average Bonchev–Trinajstić information content (AvgIpc) is 3.39. The smallest absolute Gasteiger partial charge is 0.135 e. The van der Waals surface area contributed by atoms with Gasteiger partial charge in [-0.3, -0.25) is 4.99 Å². The van der Waals surface area contributed by atoms with E-state index in [2.05, 4.69) is 66.2 Å². The lowest BCUT2D eigenvalue weighted by Gasteiger charge is -2.18. The van der Waals surface area contributed by atoms with Crippen LogP contribution in [-0.4, -0.2) is 25.1 Å². The quantitative estimate of drug-likeness (QED) is 0.107. The number of aromatic amines is 1. The van der Waals surface area contributed by atoms with Crippen molar-refractivity contribution >= 4 is 25.5 Å². The number of H-pyrrole nitrogens is 1. The zero-order chi connectivity index (χ0) is 33.7. The minimum absolute atomic E-state index is 0.118. The number of hydrogen-bond donors (Lipinski definition) is 5. The molecule has 234 valence electrons. The molecule has 0 aliphatic carbocycles. The van der Waals surface area contributed by atoms with Gasteiger partial charge in [0.1, 0.15) is 23.5 Å². The first-order valence-electron chi connectivity index (χ1n) is 13.7. The number of aromatic nitrogens is 1. The standard InChI is InChI=1S/C28H26F2N6.C3H8.C2H5N.CH5N/c1-17(21-5-7-23(29)8-6-21)22(11-20(13-31)14-34-3)10-19-4-9-24(26(30)12-19)25-15-35-18(2)27(25)28(33)36-16-32;1-3-2;1-2-3;1-2/h4-9,11-12,14-17,35H,2-3,10,33H2,1H3,(H2,32,36);3H2,1-2H3;2H,1,3H2;2H2,1H3/b20-14+,22-11+,28-27+;;;. The number of nitrogens with one attached hydrogen (secondary N) is 1. The highest BCUT2D eigenvalue weighted by molar-refractivity contribution is 5.70. The molecule has 1 atom stereocenters. The number of aliphatic imine (C=N–C) groups is 2. The molecule has 2 aromatic carbocycles. The minimum Gasteiger partial charge on any atom is -0.405 e. The summed E-state index contributed by atoms with van der Waals surface area (Å²) in [5, 5.41) is 10.4. The van der Waals surface area contributed by atoms with Gasteiger partial charge in [-0.25, -0.2) is 13.8 Å². The summed E-state index contributed by atoms with van der Waals surface area (Å²) in [5.41, 5.74) is 24.0. The zero-order valence-electron chi connectivity index (χ0n) is 25.9. The third-order valence-electron chi connectivity index (χ3n) is 5.79. The SMILES string of the molecule is C=CN.C=N/C=C(C#N)\C=C(/Cc1ccc(-c2c[nH]c(=C)/c2=C(N)\N=C/N)c(F)c1)C(C)c1ccc(F)cc1.CCC.CN. The van der Waals surface area contributed by atoms with Crippen molar-refractivity contribution in [3.8, 4) is 17.2 Å². The van der Waals surface area contributed by atoms with E-state index in [1.54, 1.807) is 36.5 Å². The second-order valence-electron chi connectivity index (χ2n) is 9.02. The number of nitrogens with zero attached hydrogens (tertiary/aromatic N) is 3. The van der Waals surface area contributed by atoms with Gasteiger partial charge in [-0.15, -0.1) is 0 Å². The third kappa shape index (κ3) is 11.9. The largest absolute Gasteiger partial charge is 0.405 e. The summed E-state index contributed by atoms with van der Waals surface area (Å²) in [6.07, 6.45) is 8.58. The molecule has 3 aromatic rings. The van der Waals surface area contributed by atoms with Crippen LogP contribution >= 0.6 is 0 Å². The molecule has 0 saturated carbocycles. The van der Waals surface area contributed by atoms with Crippen LogP contribution in [0.4, 0.5) is 8.78 Å². The highest BCUT2D eigenvalue weighted by Gasteiger charge is 2.16. The fraction of sp³-hybridized carbons (Fsp3) is 0.206. The first-order valence-corrected chi connectivity index (χ1v) is 13.7. The minimum atomic E-state index is -0.463. The molecule has 1 aromatic heterocycles. The molecule has 1 heterocycles. The maximum atomic E-state index is 15.3. The van der Waals surface area contributed by atoms with Gasteiger partial charge in [0.05, 0.1) is 11.9 Å². The van der Waals surface area contributed by atoms with Gasteiger partial charge in [-0.05, 0) is 61.8 Å². The third-order valence-corrected chi connectivity index (χ3v) is 5.79. The lowest BCUT2D eigenvalue weighted by Crippen LogP contribution is -2.28. The number of nitriles is 1. The number of halogens is 2. The van der Waals surface area contributed by atoms with Gasteiger partial charge in [-0.1, -0.05) is 70.2 Å². The van der Waals surface area contributed by atoms with E-state index in [-0.39, 0.29) is 17.6 Å². The van der Waals surface area contributed by atoms with E-state index in [4.69, 9.17) is 11.5 Å². The van der Waals surface area contributed by atoms with Gasteiger partial charge in [0, 0.05) is 40.0 Å². The van der Waals surface area contributed by atoms with Gasteiger partial charge >= 0.3 is 0 Å². The van der Waals surface area contributed by atoms with Crippen LogP contribution in [0.1, 0.15) is 44.2 Å². The summed E-state index contributed by atoms with van der Waals surface area (Å²) in [5.74, 6) is -0.863.